The van der Waals surface area contributed by atoms with Crippen molar-refractivity contribution in [3.8, 4) is 17.6 Å². The van der Waals surface area contributed by atoms with Gasteiger partial charge in [-0.15, -0.1) is 0 Å². The van der Waals surface area contributed by atoms with E-state index in [9.17, 15) is 0 Å². The summed E-state index contributed by atoms with van der Waals surface area (Å²) >= 11 is 6.19. The maximum atomic E-state index is 9.17. The SMILES string of the molecule is COc1cc(Cl)c(C=Nc2oc(C)c(C)c2C#N)cc1OC. The zero-order valence-corrected chi connectivity index (χ0v) is 13.5. The first-order valence-corrected chi connectivity index (χ1v) is 6.85. The summed E-state index contributed by atoms with van der Waals surface area (Å²) in [6.45, 7) is 3.61. The molecule has 0 aliphatic heterocycles. The number of ether oxygens (including phenoxy) is 2. The van der Waals surface area contributed by atoms with E-state index in [0.717, 1.165) is 5.56 Å². The molecular weight excluding hydrogens is 304 g/mol. The van der Waals surface area contributed by atoms with Gasteiger partial charge in [-0.2, -0.15) is 5.26 Å². The van der Waals surface area contributed by atoms with Gasteiger partial charge in [-0.1, -0.05) is 11.6 Å². The van der Waals surface area contributed by atoms with Crippen molar-refractivity contribution in [2.24, 2.45) is 4.99 Å². The van der Waals surface area contributed by atoms with Crippen LogP contribution in [0.2, 0.25) is 5.02 Å². The van der Waals surface area contributed by atoms with Gasteiger partial charge < -0.3 is 13.9 Å². The molecule has 22 heavy (non-hydrogen) atoms. The van der Waals surface area contributed by atoms with Crippen LogP contribution in [-0.4, -0.2) is 20.4 Å². The van der Waals surface area contributed by atoms with Crippen molar-refractivity contribution in [2.75, 3.05) is 14.2 Å². The average Bonchev–Trinajstić information content (AvgIpc) is 2.79. The Hall–Kier alpha value is -2.45. The number of nitrogens with zero attached hydrogens (tertiary/aromatic N) is 2. The van der Waals surface area contributed by atoms with Gasteiger partial charge >= 0.3 is 0 Å². The molecule has 1 aromatic carbocycles. The molecule has 0 saturated carbocycles. The molecule has 1 aromatic heterocycles. The molecule has 0 radical (unpaired) electrons. The van der Waals surface area contributed by atoms with Crippen molar-refractivity contribution >= 4 is 23.7 Å². The molecule has 0 bridgehead atoms. The van der Waals surface area contributed by atoms with E-state index in [2.05, 4.69) is 11.1 Å². The highest BCUT2D eigenvalue weighted by molar-refractivity contribution is 6.33. The van der Waals surface area contributed by atoms with Crippen molar-refractivity contribution in [1.82, 2.24) is 0 Å². The van der Waals surface area contributed by atoms with Gasteiger partial charge in [-0.3, -0.25) is 0 Å². The Morgan fingerprint density at radius 1 is 1.23 bits per heavy atom. The Morgan fingerprint density at radius 2 is 1.86 bits per heavy atom. The van der Waals surface area contributed by atoms with Gasteiger partial charge in [-0.25, -0.2) is 4.99 Å². The van der Waals surface area contributed by atoms with E-state index in [1.807, 2.05) is 6.92 Å². The first-order chi connectivity index (χ1) is 10.5. The molecule has 2 aromatic rings. The van der Waals surface area contributed by atoms with Crippen molar-refractivity contribution in [1.29, 1.82) is 5.26 Å². The van der Waals surface area contributed by atoms with Crippen LogP contribution < -0.4 is 9.47 Å². The Kier molecular flexibility index (Phi) is 4.74. The average molecular weight is 319 g/mol. The molecular formula is C16H15ClN2O3. The zero-order valence-electron chi connectivity index (χ0n) is 12.7. The first kappa shape index (κ1) is 15.9. The normalized spacial score (nSPS) is 10.7. The minimum Gasteiger partial charge on any atom is -0.493 e. The predicted octanol–water partition coefficient (Wildman–Crippen LogP) is 4.19. The molecule has 5 nitrogen and oxygen atoms in total. The summed E-state index contributed by atoms with van der Waals surface area (Å²) in [4.78, 5) is 4.23. The summed E-state index contributed by atoms with van der Waals surface area (Å²) in [6, 6.07) is 5.44. The Balaban J connectivity index is 2.43. The van der Waals surface area contributed by atoms with Gasteiger partial charge in [0.2, 0.25) is 5.88 Å². The van der Waals surface area contributed by atoms with E-state index in [4.69, 9.17) is 30.8 Å². The smallest absolute Gasteiger partial charge is 0.237 e. The Bertz CT molecular complexity index is 773. The molecule has 0 fully saturated rings. The van der Waals surface area contributed by atoms with Gasteiger partial charge in [0, 0.05) is 23.4 Å². The van der Waals surface area contributed by atoms with Gasteiger partial charge in [0.1, 0.15) is 17.4 Å². The molecule has 0 spiro atoms. The van der Waals surface area contributed by atoms with Crippen LogP contribution in [0.25, 0.3) is 0 Å². The zero-order chi connectivity index (χ0) is 16.3. The van der Waals surface area contributed by atoms with Gasteiger partial charge in [0.05, 0.1) is 19.2 Å². The predicted molar refractivity (Wildman–Crippen MR) is 84.7 cm³/mol. The lowest BCUT2D eigenvalue weighted by Gasteiger charge is -2.09. The number of benzene rings is 1. The number of methoxy groups -OCH3 is 2. The quantitative estimate of drug-likeness (QED) is 0.793. The third kappa shape index (κ3) is 2.92. The third-order valence-electron chi connectivity index (χ3n) is 3.30. The van der Waals surface area contributed by atoms with Crippen molar-refractivity contribution < 1.29 is 13.9 Å². The lowest BCUT2D eigenvalue weighted by molar-refractivity contribution is 0.355. The molecule has 6 heteroatoms. The first-order valence-electron chi connectivity index (χ1n) is 6.47. The van der Waals surface area contributed by atoms with Gasteiger partial charge in [0.25, 0.3) is 0 Å². The van der Waals surface area contributed by atoms with Crippen LogP contribution in [0.15, 0.2) is 21.5 Å². The van der Waals surface area contributed by atoms with E-state index in [1.165, 1.54) is 13.3 Å². The van der Waals surface area contributed by atoms with E-state index in [-0.39, 0.29) is 5.88 Å². The number of hydrogen-bond acceptors (Lipinski definition) is 5. The number of aliphatic imine (C=N–C) groups is 1. The highest BCUT2D eigenvalue weighted by Crippen LogP contribution is 2.33. The maximum Gasteiger partial charge on any atom is 0.237 e. The van der Waals surface area contributed by atoms with Gasteiger partial charge in [0.15, 0.2) is 11.5 Å². The second kappa shape index (κ2) is 6.54. The van der Waals surface area contributed by atoms with Crippen LogP contribution in [-0.2, 0) is 0 Å². The van der Waals surface area contributed by atoms with Crippen molar-refractivity contribution in [2.45, 2.75) is 13.8 Å². The maximum absolute atomic E-state index is 9.17. The van der Waals surface area contributed by atoms with E-state index < -0.39 is 0 Å². The number of hydrogen-bond donors (Lipinski definition) is 0. The number of aryl methyl sites for hydroxylation is 1. The molecule has 0 atom stereocenters. The number of furan rings is 1. The van der Waals surface area contributed by atoms with Crippen LogP contribution in [0.5, 0.6) is 11.5 Å². The van der Waals surface area contributed by atoms with E-state index in [1.54, 1.807) is 26.2 Å². The van der Waals surface area contributed by atoms with Crippen LogP contribution in [0.3, 0.4) is 0 Å². The monoisotopic (exact) mass is 318 g/mol. The minimum absolute atomic E-state index is 0.267. The molecule has 0 saturated heterocycles. The highest BCUT2D eigenvalue weighted by Gasteiger charge is 2.14. The van der Waals surface area contributed by atoms with Crippen LogP contribution in [0, 0.1) is 25.2 Å². The molecule has 0 aliphatic rings. The number of halogens is 1. The van der Waals surface area contributed by atoms with Crippen LogP contribution in [0.1, 0.15) is 22.5 Å². The van der Waals surface area contributed by atoms with Crippen LogP contribution in [0.4, 0.5) is 5.88 Å². The number of nitriles is 1. The Morgan fingerprint density at radius 3 is 2.45 bits per heavy atom. The summed E-state index contributed by atoms with van der Waals surface area (Å²) in [7, 11) is 3.08. The molecule has 0 unspecified atom stereocenters. The highest BCUT2D eigenvalue weighted by atomic mass is 35.5. The third-order valence-corrected chi connectivity index (χ3v) is 3.63. The molecule has 0 amide bonds. The Labute approximate surface area is 133 Å². The summed E-state index contributed by atoms with van der Waals surface area (Å²) in [5, 5.41) is 9.63. The standard InChI is InChI=1S/C16H15ClN2O3/c1-9-10(2)22-16(12(9)7-18)19-8-11-5-14(20-3)15(21-4)6-13(11)17/h5-6,8H,1-4H3. The lowest BCUT2D eigenvalue weighted by Crippen LogP contribution is -1.93. The molecule has 2 rings (SSSR count). The molecule has 0 N–H and O–H groups in total. The minimum atomic E-state index is 0.267. The van der Waals surface area contributed by atoms with Crippen LogP contribution >= 0.6 is 11.6 Å². The molecule has 1 heterocycles. The molecule has 114 valence electrons. The van der Waals surface area contributed by atoms with E-state index in [0.29, 0.717) is 33.4 Å². The summed E-state index contributed by atoms with van der Waals surface area (Å²) in [6.07, 6.45) is 1.53. The van der Waals surface area contributed by atoms with Crippen molar-refractivity contribution in [3.63, 3.8) is 0 Å². The molecule has 0 aliphatic carbocycles. The lowest BCUT2D eigenvalue weighted by atomic mass is 10.2. The topological polar surface area (TPSA) is 67.8 Å². The fraction of sp³-hybridized carbons (Fsp3) is 0.250. The van der Waals surface area contributed by atoms with Gasteiger partial charge in [-0.05, 0) is 19.9 Å². The second-order valence-electron chi connectivity index (χ2n) is 4.56. The second-order valence-corrected chi connectivity index (χ2v) is 4.97. The fourth-order valence-electron chi connectivity index (χ4n) is 1.93. The summed E-state index contributed by atoms with van der Waals surface area (Å²) in [5.74, 6) is 2.01. The van der Waals surface area contributed by atoms with E-state index >= 15 is 0 Å². The van der Waals surface area contributed by atoms with Crippen molar-refractivity contribution in [3.05, 3.63) is 39.6 Å². The summed E-state index contributed by atoms with van der Waals surface area (Å²) < 4.78 is 15.9. The fourth-order valence-corrected chi connectivity index (χ4v) is 2.13. The number of rotatable bonds is 4. The summed E-state index contributed by atoms with van der Waals surface area (Å²) in [5.41, 5.74) is 1.84. The largest absolute Gasteiger partial charge is 0.493 e.